The number of rotatable bonds is 4. The molecule has 0 unspecified atom stereocenters. The number of thiazole rings is 1. The maximum atomic E-state index is 11.6. The topological polar surface area (TPSA) is 54.0 Å². The first kappa shape index (κ1) is 11.6. The molecule has 18 heavy (non-hydrogen) atoms. The summed E-state index contributed by atoms with van der Waals surface area (Å²) in [6, 6.07) is 8.12. The molecule has 0 bridgehead atoms. The Labute approximate surface area is 109 Å². The summed E-state index contributed by atoms with van der Waals surface area (Å²) >= 11 is 1.70. The minimum atomic E-state index is 0.162. The van der Waals surface area contributed by atoms with Gasteiger partial charge in [-0.05, 0) is 12.1 Å². The van der Waals surface area contributed by atoms with Crippen molar-refractivity contribution in [3.05, 3.63) is 29.3 Å². The Morgan fingerprint density at radius 2 is 2.28 bits per heavy atom. The van der Waals surface area contributed by atoms with E-state index in [1.807, 2.05) is 18.2 Å². The first-order valence-electron chi connectivity index (χ1n) is 6.16. The fourth-order valence-corrected chi connectivity index (χ4v) is 2.90. The van der Waals surface area contributed by atoms with Crippen LogP contribution in [-0.4, -0.2) is 30.5 Å². The number of aromatic nitrogens is 1. The smallest absolute Gasteiger partial charge is 0.225 e. The van der Waals surface area contributed by atoms with Gasteiger partial charge in [-0.25, -0.2) is 4.98 Å². The van der Waals surface area contributed by atoms with Gasteiger partial charge in [0.25, 0.3) is 0 Å². The fourth-order valence-electron chi connectivity index (χ4n) is 1.94. The van der Waals surface area contributed by atoms with Crippen LogP contribution in [-0.2, 0) is 11.2 Å². The van der Waals surface area contributed by atoms with E-state index < -0.39 is 0 Å². The Balaban J connectivity index is 1.54. The highest BCUT2D eigenvalue weighted by atomic mass is 32.1. The number of fused-ring (bicyclic) bond motifs is 1. The predicted octanol–water partition coefficient (Wildman–Crippen LogP) is 1.17. The van der Waals surface area contributed by atoms with Crippen LogP contribution in [0, 0.1) is 5.92 Å². The van der Waals surface area contributed by atoms with Gasteiger partial charge in [-0.3, -0.25) is 4.79 Å². The second-order valence-electron chi connectivity index (χ2n) is 4.47. The number of carbonyl (C=O) groups excluding carboxylic acids is 1. The van der Waals surface area contributed by atoms with Crippen LogP contribution < -0.4 is 10.6 Å². The Morgan fingerprint density at radius 3 is 3.00 bits per heavy atom. The number of hydrogen-bond donors (Lipinski definition) is 2. The molecular formula is C13H15N3OS. The van der Waals surface area contributed by atoms with E-state index in [-0.39, 0.29) is 11.8 Å². The number of carbonyl (C=O) groups is 1. The average molecular weight is 261 g/mol. The molecule has 1 amide bonds. The van der Waals surface area contributed by atoms with Crippen molar-refractivity contribution in [3.63, 3.8) is 0 Å². The van der Waals surface area contributed by atoms with Crippen molar-refractivity contribution >= 4 is 27.5 Å². The van der Waals surface area contributed by atoms with Gasteiger partial charge in [-0.1, -0.05) is 12.1 Å². The molecule has 1 fully saturated rings. The summed E-state index contributed by atoms with van der Waals surface area (Å²) in [6.07, 6.45) is 0.811. The lowest BCUT2D eigenvalue weighted by Crippen LogP contribution is -2.51. The monoisotopic (exact) mass is 261 g/mol. The number of hydrogen-bond acceptors (Lipinski definition) is 4. The normalized spacial score (nSPS) is 15.6. The van der Waals surface area contributed by atoms with E-state index in [2.05, 4.69) is 21.7 Å². The quantitative estimate of drug-likeness (QED) is 0.869. The van der Waals surface area contributed by atoms with Crippen LogP contribution in [0.4, 0.5) is 0 Å². The maximum Gasteiger partial charge on any atom is 0.225 e. The Morgan fingerprint density at radius 1 is 1.44 bits per heavy atom. The Kier molecular flexibility index (Phi) is 3.25. The molecule has 0 radical (unpaired) electrons. The number of benzene rings is 1. The van der Waals surface area contributed by atoms with Crippen molar-refractivity contribution in [3.8, 4) is 0 Å². The summed E-state index contributed by atoms with van der Waals surface area (Å²) in [5, 5.41) is 7.15. The molecule has 1 aliphatic rings. The molecule has 0 saturated carbocycles. The van der Waals surface area contributed by atoms with Crippen molar-refractivity contribution in [1.82, 2.24) is 15.6 Å². The summed E-state index contributed by atoms with van der Waals surface area (Å²) in [4.78, 5) is 16.2. The van der Waals surface area contributed by atoms with E-state index in [9.17, 15) is 4.79 Å². The lowest BCUT2D eigenvalue weighted by molar-refractivity contribution is -0.126. The zero-order valence-corrected chi connectivity index (χ0v) is 10.8. The molecule has 2 heterocycles. The lowest BCUT2D eigenvalue weighted by atomic mass is 10.0. The van der Waals surface area contributed by atoms with Crippen LogP contribution in [0.2, 0.25) is 0 Å². The molecule has 0 aliphatic carbocycles. The molecule has 1 aromatic carbocycles. The van der Waals surface area contributed by atoms with Gasteiger partial charge in [0.1, 0.15) is 0 Å². The van der Waals surface area contributed by atoms with Gasteiger partial charge in [0.05, 0.1) is 21.1 Å². The van der Waals surface area contributed by atoms with Gasteiger partial charge >= 0.3 is 0 Å². The van der Waals surface area contributed by atoms with Crippen molar-refractivity contribution in [2.75, 3.05) is 19.6 Å². The SMILES string of the molecule is O=C(NCCc1nc2ccccc2s1)C1CNC1. The van der Waals surface area contributed by atoms with Crippen LogP contribution in [0.15, 0.2) is 24.3 Å². The summed E-state index contributed by atoms with van der Waals surface area (Å²) < 4.78 is 1.21. The highest BCUT2D eigenvalue weighted by Gasteiger charge is 2.24. The van der Waals surface area contributed by atoms with E-state index in [1.165, 1.54) is 4.70 Å². The van der Waals surface area contributed by atoms with E-state index >= 15 is 0 Å². The van der Waals surface area contributed by atoms with Gasteiger partial charge in [-0.2, -0.15) is 0 Å². The second kappa shape index (κ2) is 5.04. The second-order valence-corrected chi connectivity index (χ2v) is 5.59. The number of nitrogens with one attached hydrogen (secondary N) is 2. The van der Waals surface area contributed by atoms with Crippen molar-refractivity contribution in [2.24, 2.45) is 5.92 Å². The van der Waals surface area contributed by atoms with Crippen molar-refractivity contribution in [1.29, 1.82) is 0 Å². The average Bonchev–Trinajstić information content (AvgIpc) is 2.69. The van der Waals surface area contributed by atoms with E-state index in [0.29, 0.717) is 6.54 Å². The largest absolute Gasteiger partial charge is 0.355 e. The summed E-state index contributed by atoms with van der Waals surface area (Å²) in [5.41, 5.74) is 1.05. The molecular weight excluding hydrogens is 246 g/mol. The molecule has 1 saturated heterocycles. The van der Waals surface area contributed by atoms with Crippen molar-refractivity contribution in [2.45, 2.75) is 6.42 Å². The first-order valence-corrected chi connectivity index (χ1v) is 6.97. The maximum absolute atomic E-state index is 11.6. The summed E-state index contributed by atoms with van der Waals surface area (Å²) in [6.45, 7) is 2.30. The van der Waals surface area contributed by atoms with Crippen LogP contribution in [0.5, 0.6) is 0 Å². The van der Waals surface area contributed by atoms with Crippen LogP contribution in [0.1, 0.15) is 5.01 Å². The minimum Gasteiger partial charge on any atom is -0.355 e. The van der Waals surface area contributed by atoms with Gasteiger partial charge in [0.15, 0.2) is 0 Å². The zero-order chi connectivity index (χ0) is 12.4. The molecule has 0 atom stereocenters. The number of para-hydroxylation sites is 1. The van der Waals surface area contributed by atoms with E-state index in [4.69, 9.17) is 0 Å². The third-order valence-electron chi connectivity index (χ3n) is 3.13. The highest BCUT2D eigenvalue weighted by Crippen LogP contribution is 2.21. The van der Waals surface area contributed by atoms with Gasteiger partial charge < -0.3 is 10.6 Å². The summed E-state index contributed by atoms with van der Waals surface area (Å²) in [5.74, 6) is 0.329. The molecule has 4 nitrogen and oxygen atoms in total. The minimum absolute atomic E-state index is 0.162. The Hall–Kier alpha value is -1.46. The standard InChI is InChI=1S/C13H15N3OS/c17-13(9-7-14-8-9)15-6-5-12-16-10-3-1-2-4-11(10)18-12/h1-4,9,14H,5-8H2,(H,15,17). The zero-order valence-electron chi connectivity index (χ0n) is 9.98. The predicted molar refractivity (Wildman–Crippen MR) is 72.7 cm³/mol. The van der Waals surface area contributed by atoms with Crippen molar-refractivity contribution < 1.29 is 4.79 Å². The molecule has 94 valence electrons. The molecule has 3 rings (SSSR count). The highest BCUT2D eigenvalue weighted by molar-refractivity contribution is 7.18. The molecule has 1 aliphatic heterocycles. The molecule has 2 N–H and O–H groups in total. The molecule has 0 spiro atoms. The number of nitrogens with zero attached hydrogens (tertiary/aromatic N) is 1. The van der Waals surface area contributed by atoms with E-state index in [0.717, 1.165) is 30.0 Å². The van der Waals surface area contributed by atoms with Gasteiger partial charge in [-0.15, -0.1) is 11.3 Å². The lowest BCUT2D eigenvalue weighted by Gasteiger charge is -2.25. The first-order chi connectivity index (χ1) is 8.83. The van der Waals surface area contributed by atoms with Gasteiger partial charge in [0, 0.05) is 26.1 Å². The summed E-state index contributed by atoms with van der Waals surface area (Å²) in [7, 11) is 0. The third kappa shape index (κ3) is 2.37. The van der Waals surface area contributed by atoms with E-state index in [1.54, 1.807) is 11.3 Å². The molecule has 2 aromatic rings. The fraction of sp³-hybridized carbons (Fsp3) is 0.385. The molecule has 1 aromatic heterocycles. The van der Waals surface area contributed by atoms with Crippen LogP contribution in [0.25, 0.3) is 10.2 Å². The third-order valence-corrected chi connectivity index (χ3v) is 4.22. The number of amides is 1. The Bertz CT molecular complexity index is 529. The molecule has 5 heteroatoms. The van der Waals surface area contributed by atoms with Gasteiger partial charge in [0.2, 0.25) is 5.91 Å². The van der Waals surface area contributed by atoms with Crippen LogP contribution in [0.3, 0.4) is 0 Å². The van der Waals surface area contributed by atoms with Crippen LogP contribution >= 0.6 is 11.3 Å².